The minimum atomic E-state index is -0.279. The van der Waals surface area contributed by atoms with E-state index in [1.54, 1.807) is 18.2 Å². The van der Waals surface area contributed by atoms with Crippen LogP contribution in [0.25, 0.3) is 0 Å². The number of carbonyl (C=O) groups excluding carboxylic acids is 2. The molecule has 0 spiro atoms. The second kappa shape index (κ2) is 5.76. The summed E-state index contributed by atoms with van der Waals surface area (Å²) in [7, 11) is 0. The summed E-state index contributed by atoms with van der Waals surface area (Å²) in [5.74, 6) is 0.0926. The summed E-state index contributed by atoms with van der Waals surface area (Å²) in [5, 5.41) is 3.29. The highest BCUT2D eigenvalue weighted by atomic mass is 32.1. The molecule has 0 aliphatic carbocycles. The molecule has 1 aliphatic rings. The summed E-state index contributed by atoms with van der Waals surface area (Å²) in [6.45, 7) is 3.73. The lowest BCUT2D eigenvalue weighted by Gasteiger charge is -2.28. The summed E-state index contributed by atoms with van der Waals surface area (Å²) in [6.07, 6.45) is 0. The summed E-state index contributed by atoms with van der Waals surface area (Å²) in [6, 6.07) is 7.17. The van der Waals surface area contributed by atoms with Gasteiger partial charge in [-0.05, 0) is 26.0 Å². The molecule has 1 aromatic heterocycles. The van der Waals surface area contributed by atoms with Crippen molar-refractivity contribution in [1.29, 1.82) is 0 Å². The maximum absolute atomic E-state index is 12.2. The molecular formula is C15H15N3O3S. The third kappa shape index (κ3) is 2.80. The fourth-order valence-corrected chi connectivity index (χ4v) is 2.99. The molecule has 0 saturated carbocycles. The van der Waals surface area contributed by atoms with E-state index in [9.17, 15) is 9.59 Å². The van der Waals surface area contributed by atoms with E-state index < -0.39 is 0 Å². The summed E-state index contributed by atoms with van der Waals surface area (Å²) in [5.41, 5.74) is 1.51. The summed E-state index contributed by atoms with van der Waals surface area (Å²) in [4.78, 5) is 30.9. The zero-order valence-corrected chi connectivity index (χ0v) is 13.1. The van der Waals surface area contributed by atoms with Gasteiger partial charge in [0.1, 0.15) is 12.3 Å². The Balaban J connectivity index is 1.75. The van der Waals surface area contributed by atoms with Crippen LogP contribution < -0.4 is 15.0 Å². The van der Waals surface area contributed by atoms with Crippen molar-refractivity contribution in [2.75, 3.05) is 23.4 Å². The number of aryl methyl sites for hydroxylation is 2. The fourth-order valence-electron chi connectivity index (χ4n) is 2.16. The van der Waals surface area contributed by atoms with Crippen LogP contribution in [0.1, 0.15) is 10.6 Å². The Bertz CT molecular complexity index is 722. The molecule has 7 heteroatoms. The molecule has 0 bridgehead atoms. The third-order valence-electron chi connectivity index (χ3n) is 3.38. The number of rotatable bonds is 3. The smallest absolute Gasteiger partial charge is 0.265 e. The molecule has 0 atom stereocenters. The number of aromatic nitrogens is 1. The van der Waals surface area contributed by atoms with Crippen LogP contribution in [0.5, 0.6) is 5.75 Å². The van der Waals surface area contributed by atoms with E-state index in [-0.39, 0.29) is 25.0 Å². The highest BCUT2D eigenvalue weighted by Crippen LogP contribution is 2.31. The number of ether oxygens (including phenoxy) is 1. The van der Waals surface area contributed by atoms with E-state index >= 15 is 0 Å². The lowest BCUT2D eigenvalue weighted by atomic mass is 10.2. The average molecular weight is 317 g/mol. The largest absolute Gasteiger partial charge is 0.482 e. The number of carbonyl (C=O) groups is 2. The Labute approximate surface area is 131 Å². The molecule has 0 radical (unpaired) electrons. The number of nitrogens with one attached hydrogen (secondary N) is 1. The lowest BCUT2D eigenvalue weighted by Crippen LogP contribution is -2.43. The first-order chi connectivity index (χ1) is 10.5. The molecule has 0 fully saturated rings. The van der Waals surface area contributed by atoms with Crippen molar-refractivity contribution in [3.8, 4) is 5.75 Å². The van der Waals surface area contributed by atoms with Crippen molar-refractivity contribution in [3.05, 3.63) is 34.8 Å². The first-order valence-corrected chi connectivity index (χ1v) is 7.62. The Morgan fingerprint density at radius 1 is 1.41 bits per heavy atom. The van der Waals surface area contributed by atoms with Crippen molar-refractivity contribution in [3.63, 3.8) is 0 Å². The van der Waals surface area contributed by atoms with Crippen LogP contribution in [0.15, 0.2) is 24.3 Å². The molecule has 1 N–H and O–H groups in total. The number of anilines is 2. The number of hydrogen-bond donors (Lipinski definition) is 1. The van der Waals surface area contributed by atoms with Crippen molar-refractivity contribution < 1.29 is 14.3 Å². The molecule has 1 aliphatic heterocycles. The summed E-state index contributed by atoms with van der Waals surface area (Å²) < 4.78 is 5.35. The van der Waals surface area contributed by atoms with Crippen LogP contribution in [0, 0.1) is 13.8 Å². The monoisotopic (exact) mass is 317 g/mol. The number of hydrogen-bond acceptors (Lipinski definition) is 5. The number of amides is 2. The number of thiazole rings is 1. The number of nitrogens with zero attached hydrogens (tertiary/aromatic N) is 2. The summed E-state index contributed by atoms with van der Waals surface area (Å²) >= 11 is 1.42. The minimum absolute atomic E-state index is 0.0558. The molecule has 2 amide bonds. The number of fused-ring (bicyclic) bond motifs is 1. The van der Waals surface area contributed by atoms with Crippen molar-refractivity contribution in [2.45, 2.75) is 13.8 Å². The van der Waals surface area contributed by atoms with E-state index in [1.807, 2.05) is 19.9 Å². The molecule has 1 aromatic carbocycles. The topological polar surface area (TPSA) is 71.5 Å². The van der Waals surface area contributed by atoms with Gasteiger partial charge in [0.05, 0.1) is 11.4 Å². The van der Waals surface area contributed by atoms with Gasteiger partial charge in [0.25, 0.3) is 5.91 Å². The van der Waals surface area contributed by atoms with Gasteiger partial charge in [0.2, 0.25) is 5.91 Å². The van der Waals surface area contributed by atoms with E-state index in [4.69, 9.17) is 4.74 Å². The van der Waals surface area contributed by atoms with Crippen LogP contribution in [0.2, 0.25) is 0 Å². The van der Waals surface area contributed by atoms with Gasteiger partial charge in [-0.3, -0.25) is 14.5 Å². The molecule has 22 heavy (non-hydrogen) atoms. The first-order valence-electron chi connectivity index (χ1n) is 6.80. The molecule has 114 valence electrons. The van der Waals surface area contributed by atoms with Gasteiger partial charge < -0.3 is 10.1 Å². The molecule has 2 heterocycles. The van der Waals surface area contributed by atoms with Crippen molar-refractivity contribution >= 4 is 34.0 Å². The van der Waals surface area contributed by atoms with Crippen LogP contribution in [-0.2, 0) is 9.59 Å². The second-order valence-corrected chi connectivity index (χ2v) is 6.15. The standard InChI is InChI=1S/C15H15N3O3S/c1-9-10(2)22-15(16-9)17-13(19)7-18-11-5-3-4-6-12(11)21-8-14(18)20/h3-6H,7-8H2,1-2H3,(H,16,17,19). The van der Waals surface area contributed by atoms with Gasteiger partial charge >= 0.3 is 0 Å². The van der Waals surface area contributed by atoms with E-state index in [0.29, 0.717) is 16.6 Å². The van der Waals surface area contributed by atoms with Crippen LogP contribution >= 0.6 is 11.3 Å². The molecule has 0 saturated heterocycles. The maximum atomic E-state index is 12.2. The van der Waals surface area contributed by atoms with Gasteiger partial charge in [-0.25, -0.2) is 4.98 Å². The molecule has 3 rings (SSSR count). The normalized spacial score (nSPS) is 13.5. The molecule has 2 aromatic rings. The van der Waals surface area contributed by atoms with E-state index in [1.165, 1.54) is 16.2 Å². The Kier molecular flexibility index (Phi) is 3.81. The predicted molar refractivity (Wildman–Crippen MR) is 84.5 cm³/mol. The fraction of sp³-hybridized carbons (Fsp3) is 0.267. The minimum Gasteiger partial charge on any atom is -0.482 e. The highest BCUT2D eigenvalue weighted by molar-refractivity contribution is 7.15. The Morgan fingerprint density at radius 2 is 2.18 bits per heavy atom. The van der Waals surface area contributed by atoms with Crippen molar-refractivity contribution in [1.82, 2.24) is 4.98 Å². The van der Waals surface area contributed by atoms with Gasteiger partial charge in [0.15, 0.2) is 11.7 Å². The zero-order valence-electron chi connectivity index (χ0n) is 12.3. The van der Waals surface area contributed by atoms with Crippen LogP contribution in [0.4, 0.5) is 10.8 Å². The quantitative estimate of drug-likeness (QED) is 0.941. The average Bonchev–Trinajstić information content (AvgIpc) is 2.80. The number of para-hydroxylation sites is 2. The highest BCUT2D eigenvalue weighted by Gasteiger charge is 2.27. The zero-order chi connectivity index (χ0) is 15.7. The van der Waals surface area contributed by atoms with Gasteiger partial charge in [-0.15, -0.1) is 11.3 Å². The Hall–Kier alpha value is -2.41. The third-order valence-corrected chi connectivity index (χ3v) is 4.37. The number of benzene rings is 1. The van der Waals surface area contributed by atoms with Crippen molar-refractivity contribution in [2.24, 2.45) is 0 Å². The van der Waals surface area contributed by atoms with Gasteiger partial charge in [-0.2, -0.15) is 0 Å². The van der Waals surface area contributed by atoms with Crippen LogP contribution in [-0.4, -0.2) is 29.9 Å². The molecule has 6 nitrogen and oxygen atoms in total. The van der Waals surface area contributed by atoms with Crippen LogP contribution in [0.3, 0.4) is 0 Å². The van der Waals surface area contributed by atoms with E-state index in [2.05, 4.69) is 10.3 Å². The molecular weight excluding hydrogens is 302 g/mol. The lowest BCUT2D eigenvalue weighted by molar-refractivity contribution is -0.123. The molecule has 0 unspecified atom stereocenters. The van der Waals surface area contributed by atoms with Gasteiger partial charge in [-0.1, -0.05) is 12.1 Å². The predicted octanol–water partition coefficient (Wildman–Crippen LogP) is 2.12. The first kappa shape index (κ1) is 14.5. The Morgan fingerprint density at radius 3 is 2.91 bits per heavy atom. The SMILES string of the molecule is Cc1nc(NC(=O)CN2C(=O)COc3ccccc32)sc1C. The second-order valence-electron chi connectivity index (χ2n) is 4.95. The maximum Gasteiger partial charge on any atom is 0.265 e. The van der Waals surface area contributed by atoms with E-state index in [0.717, 1.165) is 10.6 Å². The van der Waals surface area contributed by atoms with Gasteiger partial charge in [0, 0.05) is 4.88 Å².